The van der Waals surface area contributed by atoms with E-state index in [1.54, 1.807) is 28.9 Å². The maximum absolute atomic E-state index is 12.3. The molecule has 1 unspecified atom stereocenters. The Labute approximate surface area is 137 Å². The highest BCUT2D eigenvalue weighted by Gasteiger charge is 2.25. The monoisotopic (exact) mass is 330 g/mol. The second kappa shape index (κ2) is 5.34. The maximum atomic E-state index is 12.3. The third-order valence-corrected chi connectivity index (χ3v) is 4.35. The van der Waals surface area contributed by atoms with Crippen molar-refractivity contribution in [3.05, 3.63) is 46.9 Å². The Balaban J connectivity index is 1.42. The second-order valence-corrected chi connectivity index (χ2v) is 6.23. The summed E-state index contributed by atoms with van der Waals surface area (Å²) in [6.07, 6.45) is 4.25. The van der Waals surface area contributed by atoms with Crippen molar-refractivity contribution in [3.8, 4) is 0 Å². The molecule has 118 valence electrons. The van der Waals surface area contributed by atoms with Crippen molar-refractivity contribution in [2.75, 3.05) is 6.54 Å². The Hall–Kier alpha value is -2.41. The van der Waals surface area contributed by atoms with Crippen LogP contribution in [-0.2, 0) is 13.0 Å². The number of rotatable bonds is 3. The lowest BCUT2D eigenvalue weighted by molar-refractivity contribution is 0.0942. The molecule has 0 saturated heterocycles. The topological polar surface area (TPSA) is 77.1 Å². The van der Waals surface area contributed by atoms with Crippen LogP contribution in [0.25, 0.3) is 5.65 Å². The van der Waals surface area contributed by atoms with E-state index in [4.69, 9.17) is 11.6 Å². The third-order valence-electron chi connectivity index (χ3n) is 4.12. The molecule has 8 heteroatoms. The number of carbonyl (C=O) groups is 1. The van der Waals surface area contributed by atoms with Crippen LogP contribution in [0.2, 0.25) is 5.02 Å². The number of aromatic nitrogens is 5. The average molecular weight is 331 g/mol. The van der Waals surface area contributed by atoms with Gasteiger partial charge in [-0.3, -0.25) is 4.79 Å². The van der Waals surface area contributed by atoms with Crippen LogP contribution in [0.5, 0.6) is 0 Å². The number of hydrogen-bond donors (Lipinski definition) is 1. The Morgan fingerprint density at radius 2 is 2.26 bits per heavy atom. The molecule has 1 aliphatic rings. The number of amides is 1. The molecule has 1 N–H and O–H groups in total. The molecule has 4 rings (SSSR count). The van der Waals surface area contributed by atoms with Gasteiger partial charge in [0.2, 0.25) is 0 Å². The van der Waals surface area contributed by atoms with Crippen LogP contribution in [0.1, 0.15) is 22.1 Å². The summed E-state index contributed by atoms with van der Waals surface area (Å²) in [4.78, 5) is 16.6. The molecule has 4 heterocycles. The zero-order valence-electron chi connectivity index (χ0n) is 12.5. The standard InChI is InChI=1S/C15H15ClN6O/c1-9-19-20-14-4-10(6-22(9)14)5-17-15(23)12-8-21-7-11(16)2-3-13(21)18-12/h2-3,7-8,10H,4-6H2,1H3,(H,17,23). The van der Waals surface area contributed by atoms with Gasteiger partial charge < -0.3 is 14.3 Å². The summed E-state index contributed by atoms with van der Waals surface area (Å²) in [6, 6.07) is 3.53. The first-order valence-electron chi connectivity index (χ1n) is 7.41. The van der Waals surface area contributed by atoms with Gasteiger partial charge >= 0.3 is 0 Å². The third kappa shape index (κ3) is 2.57. The van der Waals surface area contributed by atoms with Gasteiger partial charge in [-0.15, -0.1) is 10.2 Å². The van der Waals surface area contributed by atoms with Crippen molar-refractivity contribution >= 4 is 23.2 Å². The molecule has 1 aliphatic heterocycles. The molecule has 0 aliphatic carbocycles. The molecular formula is C15H15ClN6O. The summed E-state index contributed by atoms with van der Waals surface area (Å²) in [5, 5.41) is 11.7. The fraction of sp³-hybridized carbons (Fsp3) is 0.333. The lowest BCUT2D eigenvalue weighted by atomic mass is 10.1. The molecule has 0 spiro atoms. The lowest BCUT2D eigenvalue weighted by Crippen LogP contribution is -2.30. The van der Waals surface area contributed by atoms with Gasteiger partial charge in [0.15, 0.2) is 0 Å². The summed E-state index contributed by atoms with van der Waals surface area (Å²) < 4.78 is 3.85. The van der Waals surface area contributed by atoms with Crippen molar-refractivity contribution in [2.24, 2.45) is 5.92 Å². The quantitative estimate of drug-likeness (QED) is 0.789. The van der Waals surface area contributed by atoms with Crippen LogP contribution in [0, 0.1) is 12.8 Å². The minimum Gasteiger partial charge on any atom is -0.350 e. The van der Waals surface area contributed by atoms with E-state index in [1.165, 1.54) is 0 Å². The molecule has 1 atom stereocenters. The number of aryl methyl sites for hydroxylation is 1. The molecule has 0 bridgehead atoms. The number of fused-ring (bicyclic) bond motifs is 2. The molecule has 0 fully saturated rings. The summed E-state index contributed by atoms with van der Waals surface area (Å²) in [5.74, 6) is 2.08. The van der Waals surface area contributed by atoms with Crippen molar-refractivity contribution in [1.82, 2.24) is 29.5 Å². The Morgan fingerprint density at radius 1 is 1.39 bits per heavy atom. The van der Waals surface area contributed by atoms with Crippen LogP contribution in [0.15, 0.2) is 24.5 Å². The van der Waals surface area contributed by atoms with E-state index in [-0.39, 0.29) is 5.91 Å². The van der Waals surface area contributed by atoms with Gasteiger partial charge in [-0.25, -0.2) is 4.98 Å². The number of pyridine rings is 1. The lowest BCUT2D eigenvalue weighted by Gasteiger charge is -2.09. The van der Waals surface area contributed by atoms with Crippen LogP contribution >= 0.6 is 11.6 Å². The largest absolute Gasteiger partial charge is 0.350 e. The molecule has 23 heavy (non-hydrogen) atoms. The first kappa shape index (κ1) is 14.2. The predicted octanol–water partition coefficient (Wildman–Crippen LogP) is 1.49. The molecule has 0 aromatic carbocycles. The van der Waals surface area contributed by atoms with Crippen molar-refractivity contribution in [2.45, 2.75) is 19.9 Å². The Bertz CT molecular complexity index is 899. The number of carbonyl (C=O) groups excluding carboxylic acids is 1. The van der Waals surface area contributed by atoms with E-state index < -0.39 is 0 Å². The highest BCUT2D eigenvalue weighted by molar-refractivity contribution is 6.30. The van der Waals surface area contributed by atoms with Crippen molar-refractivity contribution < 1.29 is 4.79 Å². The normalized spacial score (nSPS) is 16.7. The summed E-state index contributed by atoms with van der Waals surface area (Å²) in [5.41, 5.74) is 1.09. The highest BCUT2D eigenvalue weighted by Crippen LogP contribution is 2.19. The first-order chi connectivity index (χ1) is 11.1. The molecule has 3 aromatic heterocycles. The molecule has 3 aromatic rings. The second-order valence-electron chi connectivity index (χ2n) is 5.79. The zero-order valence-corrected chi connectivity index (χ0v) is 13.3. The minimum absolute atomic E-state index is 0.177. The summed E-state index contributed by atoms with van der Waals surface area (Å²) in [6.45, 7) is 3.38. The number of imidazole rings is 1. The van der Waals surface area contributed by atoms with Crippen LogP contribution < -0.4 is 5.32 Å². The van der Waals surface area contributed by atoms with Crippen molar-refractivity contribution in [3.63, 3.8) is 0 Å². The SMILES string of the molecule is Cc1nnc2n1CC(CNC(=O)c1cn3cc(Cl)ccc3n1)C2. The van der Waals surface area contributed by atoms with Crippen molar-refractivity contribution in [1.29, 1.82) is 0 Å². The number of nitrogens with zero attached hydrogens (tertiary/aromatic N) is 5. The van der Waals surface area contributed by atoms with E-state index in [2.05, 4.69) is 25.1 Å². The van der Waals surface area contributed by atoms with Gasteiger partial charge in [-0.05, 0) is 19.1 Å². The van der Waals surface area contributed by atoms with E-state index in [9.17, 15) is 4.79 Å². The Kier molecular flexibility index (Phi) is 3.30. The smallest absolute Gasteiger partial charge is 0.271 e. The van der Waals surface area contributed by atoms with Crippen LogP contribution in [-0.4, -0.2) is 36.6 Å². The van der Waals surface area contributed by atoms with E-state index in [0.29, 0.717) is 28.8 Å². The van der Waals surface area contributed by atoms with Gasteiger partial charge in [0, 0.05) is 37.8 Å². The van der Waals surface area contributed by atoms with Gasteiger partial charge in [-0.2, -0.15) is 0 Å². The van der Waals surface area contributed by atoms with E-state index in [1.807, 2.05) is 6.92 Å². The van der Waals surface area contributed by atoms with Gasteiger partial charge in [-0.1, -0.05) is 11.6 Å². The summed E-state index contributed by atoms with van der Waals surface area (Å²) >= 11 is 5.94. The van der Waals surface area contributed by atoms with E-state index >= 15 is 0 Å². The maximum Gasteiger partial charge on any atom is 0.271 e. The fourth-order valence-electron chi connectivity index (χ4n) is 2.93. The average Bonchev–Trinajstić information content (AvgIpc) is 3.20. The number of halogens is 1. The highest BCUT2D eigenvalue weighted by atomic mass is 35.5. The molecule has 0 radical (unpaired) electrons. The zero-order chi connectivity index (χ0) is 16.0. The van der Waals surface area contributed by atoms with Gasteiger partial charge in [0.05, 0.1) is 5.02 Å². The van der Waals surface area contributed by atoms with Crippen LogP contribution in [0.4, 0.5) is 0 Å². The van der Waals surface area contributed by atoms with Gasteiger partial charge in [0.25, 0.3) is 5.91 Å². The molecule has 1 amide bonds. The predicted molar refractivity (Wildman–Crippen MR) is 84.5 cm³/mol. The van der Waals surface area contributed by atoms with Crippen LogP contribution in [0.3, 0.4) is 0 Å². The fourth-order valence-corrected chi connectivity index (χ4v) is 3.10. The Morgan fingerprint density at radius 3 is 3.09 bits per heavy atom. The number of nitrogens with one attached hydrogen (secondary N) is 1. The molecule has 0 saturated carbocycles. The van der Waals surface area contributed by atoms with E-state index in [0.717, 1.165) is 24.6 Å². The summed E-state index contributed by atoms with van der Waals surface area (Å²) in [7, 11) is 0. The minimum atomic E-state index is -0.177. The molecule has 7 nitrogen and oxygen atoms in total. The van der Waals surface area contributed by atoms with Gasteiger partial charge in [0.1, 0.15) is 23.0 Å². The number of hydrogen-bond acceptors (Lipinski definition) is 4. The first-order valence-corrected chi connectivity index (χ1v) is 7.79. The molecular weight excluding hydrogens is 316 g/mol.